The summed E-state index contributed by atoms with van der Waals surface area (Å²) in [5.41, 5.74) is 2.25. The third-order valence-corrected chi connectivity index (χ3v) is 4.37. The van der Waals surface area contributed by atoms with Crippen LogP contribution in [0, 0.1) is 16.7 Å². The highest BCUT2D eigenvalue weighted by Crippen LogP contribution is 2.45. The van der Waals surface area contributed by atoms with Gasteiger partial charge in [0.25, 0.3) is 0 Å². The second-order valence-electron chi connectivity index (χ2n) is 5.94. The van der Waals surface area contributed by atoms with Gasteiger partial charge in [0, 0.05) is 5.92 Å². The Morgan fingerprint density at radius 3 is 2.23 bits per heavy atom. The first-order chi connectivity index (χ1) is 10.6. The standard InChI is InChI=1S/C20H17NO/c1-20(14-21)13-18(16-10-6-3-7-11-16)17(12-19(20)22)15-8-4-2-5-9-15/h2-12,18H,13H2,1H3/t18-,20-/m1/s1. The van der Waals surface area contributed by atoms with E-state index in [-0.39, 0.29) is 11.7 Å². The molecule has 0 unspecified atom stereocenters. The van der Waals surface area contributed by atoms with Crippen molar-refractivity contribution in [3.05, 3.63) is 77.9 Å². The second kappa shape index (κ2) is 5.61. The van der Waals surface area contributed by atoms with E-state index in [2.05, 4.69) is 18.2 Å². The zero-order chi connectivity index (χ0) is 15.6. The Labute approximate surface area is 130 Å². The lowest BCUT2D eigenvalue weighted by Crippen LogP contribution is -2.31. The molecule has 0 heterocycles. The predicted octanol–water partition coefficient (Wildman–Crippen LogP) is 4.36. The van der Waals surface area contributed by atoms with E-state index in [9.17, 15) is 10.1 Å². The van der Waals surface area contributed by atoms with Crippen LogP contribution in [0.2, 0.25) is 0 Å². The average Bonchev–Trinajstić information content (AvgIpc) is 2.58. The van der Waals surface area contributed by atoms with Crippen molar-refractivity contribution >= 4 is 11.4 Å². The molecule has 0 spiro atoms. The third kappa shape index (κ3) is 2.46. The molecule has 2 aromatic rings. The maximum absolute atomic E-state index is 12.4. The zero-order valence-electron chi connectivity index (χ0n) is 12.5. The molecule has 0 aliphatic heterocycles. The maximum atomic E-state index is 12.4. The van der Waals surface area contributed by atoms with E-state index in [1.54, 1.807) is 13.0 Å². The predicted molar refractivity (Wildman–Crippen MR) is 86.9 cm³/mol. The molecule has 2 aromatic carbocycles. The van der Waals surface area contributed by atoms with Crippen LogP contribution in [0.1, 0.15) is 30.4 Å². The van der Waals surface area contributed by atoms with Gasteiger partial charge in [-0.3, -0.25) is 4.79 Å². The summed E-state index contributed by atoms with van der Waals surface area (Å²) < 4.78 is 0. The molecule has 2 nitrogen and oxygen atoms in total. The van der Waals surface area contributed by atoms with Gasteiger partial charge >= 0.3 is 0 Å². The maximum Gasteiger partial charge on any atom is 0.175 e. The largest absolute Gasteiger partial charge is 0.293 e. The van der Waals surface area contributed by atoms with E-state index >= 15 is 0 Å². The monoisotopic (exact) mass is 287 g/mol. The van der Waals surface area contributed by atoms with Crippen LogP contribution in [-0.4, -0.2) is 5.78 Å². The highest BCUT2D eigenvalue weighted by molar-refractivity contribution is 6.05. The van der Waals surface area contributed by atoms with Gasteiger partial charge in [-0.25, -0.2) is 0 Å². The highest BCUT2D eigenvalue weighted by atomic mass is 16.1. The minimum absolute atomic E-state index is 0.0611. The van der Waals surface area contributed by atoms with Gasteiger partial charge in [-0.05, 0) is 36.1 Å². The van der Waals surface area contributed by atoms with Crippen LogP contribution in [0.15, 0.2) is 66.7 Å². The second-order valence-corrected chi connectivity index (χ2v) is 5.94. The van der Waals surface area contributed by atoms with Gasteiger partial charge in [-0.15, -0.1) is 0 Å². The van der Waals surface area contributed by atoms with Crippen LogP contribution in [0.25, 0.3) is 5.57 Å². The molecular formula is C20H17NO. The molecule has 108 valence electrons. The van der Waals surface area contributed by atoms with Gasteiger partial charge in [-0.2, -0.15) is 5.26 Å². The number of rotatable bonds is 2. The molecule has 3 rings (SSSR count). The van der Waals surface area contributed by atoms with Crippen LogP contribution < -0.4 is 0 Å². The zero-order valence-corrected chi connectivity index (χ0v) is 12.5. The van der Waals surface area contributed by atoms with E-state index < -0.39 is 5.41 Å². The minimum atomic E-state index is -0.946. The molecule has 22 heavy (non-hydrogen) atoms. The summed E-state index contributed by atoms with van der Waals surface area (Å²) in [6.07, 6.45) is 2.19. The molecule has 1 aliphatic carbocycles. The number of carbonyl (C=O) groups excluding carboxylic acids is 1. The molecule has 0 amide bonds. The summed E-state index contributed by atoms with van der Waals surface area (Å²) in [7, 11) is 0. The first-order valence-electron chi connectivity index (χ1n) is 7.42. The molecule has 1 aliphatic rings. The Morgan fingerprint density at radius 2 is 1.64 bits per heavy atom. The first-order valence-corrected chi connectivity index (χ1v) is 7.42. The summed E-state index contributed by atoms with van der Waals surface area (Å²) in [6, 6.07) is 22.3. The van der Waals surface area contributed by atoms with Gasteiger partial charge in [0.2, 0.25) is 0 Å². The van der Waals surface area contributed by atoms with Crippen molar-refractivity contribution in [2.75, 3.05) is 0 Å². The van der Waals surface area contributed by atoms with Crippen molar-refractivity contribution in [1.29, 1.82) is 5.26 Å². The van der Waals surface area contributed by atoms with Crippen molar-refractivity contribution in [3.63, 3.8) is 0 Å². The van der Waals surface area contributed by atoms with E-state index in [0.29, 0.717) is 6.42 Å². The summed E-state index contributed by atoms with van der Waals surface area (Å²) in [5.74, 6) is -0.0352. The number of hydrogen-bond acceptors (Lipinski definition) is 2. The third-order valence-electron chi connectivity index (χ3n) is 4.37. The molecule has 0 saturated carbocycles. The van der Waals surface area contributed by atoms with E-state index in [4.69, 9.17) is 0 Å². The molecule has 0 fully saturated rings. The average molecular weight is 287 g/mol. The molecule has 0 aromatic heterocycles. The van der Waals surface area contributed by atoms with Gasteiger partial charge in [0.1, 0.15) is 5.41 Å². The molecule has 0 bridgehead atoms. The van der Waals surface area contributed by atoms with Crippen molar-refractivity contribution in [2.45, 2.75) is 19.3 Å². The van der Waals surface area contributed by atoms with Crippen molar-refractivity contribution < 1.29 is 4.79 Å². The Balaban J connectivity index is 2.14. The van der Waals surface area contributed by atoms with Crippen molar-refractivity contribution in [2.24, 2.45) is 5.41 Å². The Bertz CT molecular complexity index is 755. The van der Waals surface area contributed by atoms with Gasteiger partial charge in [-0.1, -0.05) is 60.7 Å². The van der Waals surface area contributed by atoms with Crippen molar-refractivity contribution in [3.8, 4) is 6.07 Å². The summed E-state index contributed by atoms with van der Waals surface area (Å²) in [5, 5.41) is 9.44. The van der Waals surface area contributed by atoms with Gasteiger partial charge in [0.15, 0.2) is 5.78 Å². The molecule has 0 saturated heterocycles. The lowest BCUT2D eigenvalue weighted by atomic mass is 9.68. The SMILES string of the molecule is C[C@]1(C#N)C[C@H](c2ccccc2)C(c2ccccc2)=CC1=O. The number of nitriles is 1. The molecule has 2 heteroatoms. The van der Waals surface area contributed by atoms with Crippen molar-refractivity contribution in [1.82, 2.24) is 0 Å². The fourth-order valence-electron chi connectivity index (χ4n) is 3.02. The lowest BCUT2D eigenvalue weighted by Gasteiger charge is -2.32. The van der Waals surface area contributed by atoms with Crippen LogP contribution in [0.5, 0.6) is 0 Å². The van der Waals surface area contributed by atoms with Gasteiger partial charge in [0.05, 0.1) is 6.07 Å². The normalized spacial score (nSPS) is 24.5. The van der Waals surface area contributed by atoms with Crippen LogP contribution in [-0.2, 0) is 4.79 Å². The number of nitrogens with zero attached hydrogens (tertiary/aromatic N) is 1. The number of benzene rings is 2. The topological polar surface area (TPSA) is 40.9 Å². The molecular weight excluding hydrogens is 270 g/mol. The van der Waals surface area contributed by atoms with E-state index in [0.717, 1.165) is 16.7 Å². The smallest absolute Gasteiger partial charge is 0.175 e. The van der Waals surface area contributed by atoms with Crippen LogP contribution >= 0.6 is 0 Å². The quantitative estimate of drug-likeness (QED) is 0.823. The minimum Gasteiger partial charge on any atom is -0.293 e. The Hall–Kier alpha value is -2.66. The fourth-order valence-corrected chi connectivity index (χ4v) is 3.02. The fraction of sp³-hybridized carbons (Fsp3) is 0.200. The lowest BCUT2D eigenvalue weighted by molar-refractivity contribution is -0.121. The summed E-state index contributed by atoms with van der Waals surface area (Å²) in [4.78, 5) is 12.4. The molecule has 2 atom stereocenters. The summed E-state index contributed by atoms with van der Waals surface area (Å²) >= 11 is 0. The van der Waals surface area contributed by atoms with Crippen LogP contribution in [0.3, 0.4) is 0 Å². The van der Waals surface area contributed by atoms with E-state index in [1.165, 1.54) is 0 Å². The van der Waals surface area contributed by atoms with Gasteiger partial charge < -0.3 is 0 Å². The number of hydrogen-bond donors (Lipinski definition) is 0. The molecule has 0 N–H and O–H groups in total. The number of carbonyl (C=O) groups is 1. The summed E-state index contributed by atoms with van der Waals surface area (Å²) in [6.45, 7) is 1.74. The highest BCUT2D eigenvalue weighted by Gasteiger charge is 2.40. The molecule has 0 radical (unpaired) electrons. The van der Waals surface area contributed by atoms with E-state index in [1.807, 2.05) is 48.5 Å². The number of ketones is 1. The first kappa shape index (κ1) is 14.3. The van der Waals surface area contributed by atoms with Crippen LogP contribution in [0.4, 0.5) is 0 Å². The Morgan fingerprint density at radius 1 is 1.05 bits per heavy atom. The number of allylic oxidation sites excluding steroid dienone is 2. The Kier molecular flexibility index (Phi) is 3.65.